The SMILES string of the molecule is N#Cc1c([C@H]2C[C@H]3CC[C@@H](C2)N3C(=O)c2nnc[nH]2)nc2c(-c3ccc(-c4nccs4)nc3)cnn2c1N. The zero-order valence-electron chi connectivity index (χ0n) is 20.0. The maximum absolute atomic E-state index is 13.1. The summed E-state index contributed by atoms with van der Waals surface area (Å²) in [6, 6.07) is 6.22. The van der Waals surface area contributed by atoms with Crippen LogP contribution in [0.5, 0.6) is 0 Å². The van der Waals surface area contributed by atoms with Crippen molar-refractivity contribution < 1.29 is 4.79 Å². The number of thiazole rings is 1. The molecule has 2 bridgehead atoms. The van der Waals surface area contributed by atoms with Crippen molar-refractivity contribution in [2.45, 2.75) is 43.7 Å². The monoisotopic (exact) mass is 523 g/mol. The molecule has 2 saturated heterocycles. The molecule has 38 heavy (non-hydrogen) atoms. The molecule has 3 atom stereocenters. The molecule has 5 aromatic rings. The Morgan fingerprint density at radius 1 is 1.18 bits per heavy atom. The van der Waals surface area contributed by atoms with Crippen molar-refractivity contribution in [2.24, 2.45) is 0 Å². The third-order valence-corrected chi connectivity index (χ3v) is 8.32. The lowest BCUT2D eigenvalue weighted by molar-refractivity contribution is 0.0557. The van der Waals surface area contributed by atoms with Gasteiger partial charge in [-0.1, -0.05) is 6.07 Å². The first-order valence-corrected chi connectivity index (χ1v) is 13.1. The van der Waals surface area contributed by atoms with Gasteiger partial charge in [-0.2, -0.15) is 14.9 Å². The van der Waals surface area contributed by atoms with Crippen LogP contribution in [-0.4, -0.2) is 62.6 Å². The highest BCUT2D eigenvalue weighted by Crippen LogP contribution is 2.44. The molecule has 0 spiro atoms. The highest BCUT2D eigenvalue weighted by atomic mass is 32.1. The zero-order chi connectivity index (χ0) is 25.8. The number of amides is 1. The molecule has 188 valence electrons. The first kappa shape index (κ1) is 22.5. The fourth-order valence-electron chi connectivity index (χ4n) is 5.84. The van der Waals surface area contributed by atoms with Gasteiger partial charge in [-0.15, -0.1) is 21.5 Å². The number of nitriles is 1. The highest BCUT2D eigenvalue weighted by Gasteiger charge is 2.45. The number of aromatic nitrogens is 8. The van der Waals surface area contributed by atoms with Crippen molar-refractivity contribution in [1.29, 1.82) is 5.26 Å². The second-order valence-corrected chi connectivity index (χ2v) is 10.4. The molecular formula is C25H21N11OS. The van der Waals surface area contributed by atoms with Gasteiger partial charge in [0.15, 0.2) is 5.65 Å². The van der Waals surface area contributed by atoms with E-state index in [1.165, 1.54) is 22.2 Å². The van der Waals surface area contributed by atoms with E-state index in [1.807, 2.05) is 22.4 Å². The Bertz CT molecular complexity index is 1670. The Labute approximate surface area is 220 Å². The molecule has 0 aliphatic carbocycles. The number of nitrogens with two attached hydrogens (primary N) is 1. The molecule has 2 aliphatic rings. The van der Waals surface area contributed by atoms with Gasteiger partial charge in [0.1, 0.15) is 28.8 Å². The Morgan fingerprint density at radius 3 is 2.68 bits per heavy atom. The summed E-state index contributed by atoms with van der Waals surface area (Å²) in [4.78, 5) is 31.7. The summed E-state index contributed by atoms with van der Waals surface area (Å²) in [6.45, 7) is 0. The molecule has 0 radical (unpaired) electrons. The van der Waals surface area contributed by atoms with E-state index in [0.717, 1.165) is 34.7 Å². The molecule has 0 unspecified atom stereocenters. The standard InChI is InChI=1S/C25H21N11OS/c26-9-17-20(14-7-15-2-3-16(8-14)35(15)25(37)22-30-12-31-34-22)33-23-18(11-32-36(23)21(17)27)13-1-4-19(29-10-13)24-28-5-6-38-24/h1,4-6,10-12,14-16H,2-3,7-8,27H2,(H,30,31,34)/t14-,15+,16-. The summed E-state index contributed by atoms with van der Waals surface area (Å²) in [5, 5.41) is 24.9. The molecule has 12 nitrogen and oxygen atoms in total. The van der Waals surface area contributed by atoms with Crippen molar-refractivity contribution in [3.8, 4) is 27.9 Å². The highest BCUT2D eigenvalue weighted by molar-refractivity contribution is 7.13. The van der Waals surface area contributed by atoms with Crippen molar-refractivity contribution >= 4 is 28.7 Å². The number of fused-ring (bicyclic) bond motifs is 3. The van der Waals surface area contributed by atoms with Crippen LogP contribution in [0, 0.1) is 11.3 Å². The molecule has 2 aliphatic heterocycles. The van der Waals surface area contributed by atoms with Crippen molar-refractivity contribution in [3.05, 3.63) is 59.5 Å². The number of carbonyl (C=O) groups is 1. The van der Waals surface area contributed by atoms with Crippen LogP contribution in [0.15, 0.2) is 42.4 Å². The summed E-state index contributed by atoms with van der Waals surface area (Å²) < 4.78 is 1.52. The fourth-order valence-corrected chi connectivity index (χ4v) is 6.45. The number of rotatable bonds is 4. The number of nitrogens with one attached hydrogen (secondary N) is 1. The van der Waals surface area contributed by atoms with Gasteiger partial charge in [0.25, 0.3) is 5.91 Å². The third-order valence-electron chi connectivity index (χ3n) is 7.52. The molecule has 7 rings (SSSR count). The van der Waals surface area contributed by atoms with Crippen LogP contribution in [0.25, 0.3) is 27.5 Å². The minimum Gasteiger partial charge on any atom is -0.382 e. The lowest BCUT2D eigenvalue weighted by Crippen LogP contribution is -2.46. The number of piperidine rings is 1. The topological polar surface area (TPSA) is 168 Å². The van der Waals surface area contributed by atoms with E-state index in [9.17, 15) is 10.1 Å². The number of anilines is 1. The predicted octanol–water partition coefficient (Wildman–Crippen LogP) is 3.04. The molecule has 13 heteroatoms. The number of hydrogen-bond acceptors (Lipinski definition) is 10. The summed E-state index contributed by atoms with van der Waals surface area (Å²) in [7, 11) is 0. The summed E-state index contributed by atoms with van der Waals surface area (Å²) >= 11 is 1.53. The normalized spacial score (nSPS) is 20.6. The summed E-state index contributed by atoms with van der Waals surface area (Å²) in [5.74, 6) is 0.365. The van der Waals surface area contributed by atoms with Gasteiger partial charge in [-0.25, -0.2) is 9.97 Å². The largest absolute Gasteiger partial charge is 0.382 e. The van der Waals surface area contributed by atoms with Crippen LogP contribution in [0.1, 0.15) is 53.5 Å². The first-order valence-electron chi connectivity index (χ1n) is 12.2. The first-order chi connectivity index (χ1) is 18.6. The van der Waals surface area contributed by atoms with Crippen LogP contribution in [-0.2, 0) is 0 Å². The minimum absolute atomic E-state index is 0.0126. The van der Waals surface area contributed by atoms with E-state index >= 15 is 0 Å². The average Bonchev–Trinajstić information content (AvgIpc) is 3.75. The van der Waals surface area contributed by atoms with Gasteiger partial charge < -0.3 is 15.6 Å². The van der Waals surface area contributed by atoms with Gasteiger partial charge >= 0.3 is 0 Å². The molecule has 2 fully saturated rings. The van der Waals surface area contributed by atoms with Crippen molar-refractivity contribution in [1.82, 2.24) is 44.6 Å². The van der Waals surface area contributed by atoms with E-state index in [-0.39, 0.29) is 35.6 Å². The Morgan fingerprint density at radius 2 is 2.03 bits per heavy atom. The number of nitrogen functional groups attached to an aromatic ring is 1. The van der Waals surface area contributed by atoms with Crippen LogP contribution < -0.4 is 5.73 Å². The maximum atomic E-state index is 13.1. The van der Waals surface area contributed by atoms with Crippen molar-refractivity contribution in [2.75, 3.05) is 5.73 Å². The number of H-pyrrole nitrogens is 1. The van der Waals surface area contributed by atoms with E-state index in [4.69, 9.17) is 10.7 Å². The van der Waals surface area contributed by atoms with Gasteiger partial charge in [0, 0.05) is 46.9 Å². The number of aromatic amines is 1. The zero-order valence-corrected chi connectivity index (χ0v) is 20.8. The van der Waals surface area contributed by atoms with Crippen LogP contribution in [0.4, 0.5) is 5.82 Å². The molecule has 5 aromatic heterocycles. The lowest BCUT2D eigenvalue weighted by atomic mass is 9.86. The van der Waals surface area contributed by atoms with E-state index in [0.29, 0.717) is 29.7 Å². The number of nitrogens with zero attached hydrogens (tertiary/aromatic N) is 9. The van der Waals surface area contributed by atoms with Gasteiger partial charge in [-0.3, -0.25) is 9.78 Å². The Balaban J connectivity index is 1.25. The molecule has 7 heterocycles. The van der Waals surface area contributed by atoms with Gasteiger partial charge in [-0.05, 0) is 31.7 Å². The second-order valence-electron chi connectivity index (χ2n) is 9.54. The Kier molecular flexibility index (Phi) is 5.15. The van der Waals surface area contributed by atoms with Crippen LogP contribution >= 0.6 is 11.3 Å². The third kappa shape index (κ3) is 3.45. The van der Waals surface area contributed by atoms with Gasteiger partial charge in [0.2, 0.25) is 5.82 Å². The number of hydrogen-bond donors (Lipinski definition) is 2. The molecule has 1 amide bonds. The molecule has 0 aromatic carbocycles. The quantitative estimate of drug-likeness (QED) is 0.360. The number of pyridine rings is 1. The molecule has 0 saturated carbocycles. The van der Waals surface area contributed by atoms with E-state index in [2.05, 4.69) is 36.3 Å². The minimum atomic E-state index is -0.136. The van der Waals surface area contributed by atoms with E-state index < -0.39 is 0 Å². The van der Waals surface area contributed by atoms with E-state index in [1.54, 1.807) is 18.6 Å². The van der Waals surface area contributed by atoms with Gasteiger partial charge in [0.05, 0.1) is 17.6 Å². The lowest BCUT2D eigenvalue weighted by Gasteiger charge is -2.38. The van der Waals surface area contributed by atoms with Crippen LogP contribution in [0.2, 0.25) is 0 Å². The van der Waals surface area contributed by atoms with Crippen molar-refractivity contribution in [3.63, 3.8) is 0 Å². The average molecular weight is 524 g/mol. The fraction of sp³-hybridized carbons (Fsp3) is 0.280. The van der Waals surface area contributed by atoms with Crippen LogP contribution in [0.3, 0.4) is 0 Å². The second kappa shape index (κ2) is 8.70. The predicted molar refractivity (Wildman–Crippen MR) is 138 cm³/mol. The number of carbonyl (C=O) groups excluding carboxylic acids is 1. The summed E-state index contributed by atoms with van der Waals surface area (Å²) in [6.07, 6.45) is 9.83. The Hall–Kier alpha value is -4.70. The smallest absolute Gasteiger partial charge is 0.292 e. The maximum Gasteiger partial charge on any atom is 0.292 e. The molecule has 3 N–H and O–H groups in total. The molecular weight excluding hydrogens is 502 g/mol. The summed E-state index contributed by atoms with van der Waals surface area (Å²) in [5.41, 5.74) is 10.5.